The van der Waals surface area contributed by atoms with Crippen LogP contribution in [-0.2, 0) is 17.9 Å². The van der Waals surface area contributed by atoms with Crippen molar-refractivity contribution in [2.24, 2.45) is 11.7 Å². The minimum atomic E-state index is -0.168. The number of hydrogen-bond acceptors (Lipinski definition) is 3. The lowest BCUT2D eigenvalue weighted by Crippen LogP contribution is -2.41. The van der Waals surface area contributed by atoms with Gasteiger partial charge in [0.2, 0.25) is 5.91 Å². The molecule has 1 atom stereocenters. The van der Waals surface area contributed by atoms with Crippen LogP contribution in [0.4, 0.5) is 0 Å². The van der Waals surface area contributed by atoms with Gasteiger partial charge in [0.05, 0.1) is 11.6 Å². The van der Waals surface area contributed by atoms with E-state index in [1.54, 1.807) is 0 Å². The second kappa shape index (κ2) is 5.31. The fourth-order valence-corrected chi connectivity index (χ4v) is 2.44. The first-order valence-electron chi connectivity index (χ1n) is 6.23. The Morgan fingerprint density at radius 3 is 3.18 bits per heavy atom. The van der Waals surface area contributed by atoms with Gasteiger partial charge < -0.3 is 5.73 Å². The Kier molecular flexibility index (Phi) is 3.78. The van der Waals surface area contributed by atoms with Gasteiger partial charge in [-0.1, -0.05) is 0 Å². The fraction of sp³-hybridized carbons (Fsp3) is 0.667. The quantitative estimate of drug-likeness (QED) is 0.832. The molecule has 1 fully saturated rings. The number of rotatable bonds is 4. The second-order valence-corrected chi connectivity index (χ2v) is 4.61. The van der Waals surface area contributed by atoms with Crippen LogP contribution in [0.15, 0.2) is 12.3 Å². The zero-order valence-corrected chi connectivity index (χ0v) is 10.3. The first kappa shape index (κ1) is 12.1. The van der Waals surface area contributed by atoms with Crippen molar-refractivity contribution in [2.45, 2.75) is 32.9 Å². The van der Waals surface area contributed by atoms with Crippen LogP contribution in [0.5, 0.6) is 0 Å². The second-order valence-electron chi connectivity index (χ2n) is 4.61. The molecule has 0 aromatic carbocycles. The first-order valence-corrected chi connectivity index (χ1v) is 6.23. The summed E-state index contributed by atoms with van der Waals surface area (Å²) in [4.78, 5) is 13.5. The van der Waals surface area contributed by atoms with Gasteiger partial charge in [0, 0.05) is 25.8 Å². The normalized spacial score (nSPS) is 21.6. The summed E-state index contributed by atoms with van der Waals surface area (Å²) < 4.78 is 1.99. The SMILES string of the molecule is CCn1nccc1CN1CCCC(C(N)=O)C1. The number of piperidine rings is 1. The lowest BCUT2D eigenvalue weighted by Gasteiger charge is -2.31. The first-order chi connectivity index (χ1) is 8.20. The highest BCUT2D eigenvalue weighted by atomic mass is 16.1. The standard InChI is InChI=1S/C12H20N4O/c1-2-16-11(5-6-14-16)9-15-7-3-4-10(8-15)12(13)17/h5-6,10H,2-4,7-9H2,1H3,(H2,13,17). The molecule has 0 bridgehead atoms. The highest BCUT2D eigenvalue weighted by molar-refractivity contribution is 5.76. The summed E-state index contributed by atoms with van der Waals surface area (Å²) in [6.45, 7) is 5.65. The molecule has 1 aliphatic rings. The van der Waals surface area contributed by atoms with E-state index < -0.39 is 0 Å². The summed E-state index contributed by atoms with van der Waals surface area (Å²) in [7, 11) is 0. The van der Waals surface area contributed by atoms with E-state index in [2.05, 4.69) is 16.9 Å². The third-order valence-electron chi connectivity index (χ3n) is 3.40. The topological polar surface area (TPSA) is 64.2 Å². The van der Waals surface area contributed by atoms with Gasteiger partial charge in [0.15, 0.2) is 0 Å². The van der Waals surface area contributed by atoms with E-state index in [4.69, 9.17) is 5.73 Å². The smallest absolute Gasteiger partial charge is 0.221 e. The van der Waals surface area contributed by atoms with Crippen LogP contribution in [-0.4, -0.2) is 33.7 Å². The molecule has 1 amide bonds. The van der Waals surface area contributed by atoms with Gasteiger partial charge in [0.1, 0.15) is 0 Å². The fourth-order valence-electron chi connectivity index (χ4n) is 2.44. The Balaban J connectivity index is 1.97. The number of carbonyl (C=O) groups is 1. The van der Waals surface area contributed by atoms with Gasteiger partial charge in [0.25, 0.3) is 0 Å². The zero-order valence-electron chi connectivity index (χ0n) is 10.3. The van der Waals surface area contributed by atoms with E-state index >= 15 is 0 Å². The van der Waals surface area contributed by atoms with Crippen molar-refractivity contribution in [2.75, 3.05) is 13.1 Å². The van der Waals surface area contributed by atoms with Crippen molar-refractivity contribution in [1.29, 1.82) is 0 Å². The average molecular weight is 236 g/mol. The lowest BCUT2D eigenvalue weighted by atomic mass is 9.97. The Bertz CT molecular complexity index is 388. The number of hydrogen-bond donors (Lipinski definition) is 1. The van der Waals surface area contributed by atoms with E-state index in [0.29, 0.717) is 0 Å². The molecule has 1 aliphatic heterocycles. The van der Waals surface area contributed by atoms with Crippen molar-refractivity contribution >= 4 is 5.91 Å². The maximum atomic E-state index is 11.2. The van der Waals surface area contributed by atoms with Crippen LogP contribution in [0.3, 0.4) is 0 Å². The molecule has 5 heteroatoms. The van der Waals surface area contributed by atoms with Crippen LogP contribution in [0, 0.1) is 5.92 Å². The molecule has 1 aromatic rings. The van der Waals surface area contributed by atoms with Crippen molar-refractivity contribution in [3.05, 3.63) is 18.0 Å². The van der Waals surface area contributed by atoms with Crippen molar-refractivity contribution in [1.82, 2.24) is 14.7 Å². The van der Waals surface area contributed by atoms with Gasteiger partial charge in [-0.2, -0.15) is 5.10 Å². The summed E-state index contributed by atoms with van der Waals surface area (Å²) in [6, 6.07) is 2.04. The maximum Gasteiger partial charge on any atom is 0.221 e. The summed E-state index contributed by atoms with van der Waals surface area (Å²) in [5, 5.41) is 4.25. The highest BCUT2D eigenvalue weighted by Crippen LogP contribution is 2.18. The molecule has 94 valence electrons. The summed E-state index contributed by atoms with van der Waals surface area (Å²) in [5.41, 5.74) is 6.58. The van der Waals surface area contributed by atoms with E-state index in [0.717, 1.165) is 39.0 Å². The van der Waals surface area contributed by atoms with Crippen molar-refractivity contribution < 1.29 is 4.79 Å². The molecule has 2 N–H and O–H groups in total. The number of aromatic nitrogens is 2. The number of amides is 1. The van der Waals surface area contributed by atoms with Crippen LogP contribution < -0.4 is 5.73 Å². The number of nitrogens with two attached hydrogens (primary N) is 1. The zero-order chi connectivity index (χ0) is 12.3. The molecule has 17 heavy (non-hydrogen) atoms. The van der Waals surface area contributed by atoms with Crippen LogP contribution >= 0.6 is 0 Å². The molecule has 1 unspecified atom stereocenters. The highest BCUT2D eigenvalue weighted by Gasteiger charge is 2.24. The van der Waals surface area contributed by atoms with Gasteiger partial charge in [-0.3, -0.25) is 14.4 Å². The number of nitrogens with zero attached hydrogens (tertiary/aromatic N) is 3. The van der Waals surface area contributed by atoms with Crippen LogP contribution in [0.1, 0.15) is 25.5 Å². The minimum absolute atomic E-state index is 0.0155. The molecule has 0 saturated carbocycles. The summed E-state index contributed by atoms with van der Waals surface area (Å²) >= 11 is 0. The molecule has 1 aromatic heterocycles. The molecule has 1 saturated heterocycles. The lowest BCUT2D eigenvalue weighted by molar-refractivity contribution is -0.123. The molecule has 2 heterocycles. The Morgan fingerprint density at radius 1 is 1.65 bits per heavy atom. The van der Waals surface area contributed by atoms with E-state index in [-0.39, 0.29) is 11.8 Å². The Labute approximate surface area is 102 Å². The summed E-state index contributed by atoms with van der Waals surface area (Å²) in [5.74, 6) is -0.152. The van der Waals surface area contributed by atoms with Gasteiger partial charge >= 0.3 is 0 Å². The summed E-state index contributed by atoms with van der Waals surface area (Å²) in [6.07, 6.45) is 3.81. The third kappa shape index (κ3) is 2.85. The molecular formula is C12H20N4O. The van der Waals surface area contributed by atoms with E-state index in [9.17, 15) is 4.79 Å². The molecule has 0 spiro atoms. The number of aryl methyl sites for hydroxylation is 1. The molecule has 2 rings (SSSR count). The molecular weight excluding hydrogens is 216 g/mol. The molecule has 0 aliphatic carbocycles. The Hall–Kier alpha value is -1.36. The molecule has 0 radical (unpaired) electrons. The van der Waals surface area contributed by atoms with Crippen LogP contribution in [0.2, 0.25) is 0 Å². The third-order valence-corrected chi connectivity index (χ3v) is 3.40. The number of primary amides is 1. The largest absolute Gasteiger partial charge is 0.369 e. The van der Waals surface area contributed by atoms with E-state index in [1.165, 1.54) is 5.69 Å². The minimum Gasteiger partial charge on any atom is -0.369 e. The predicted molar refractivity (Wildman–Crippen MR) is 65.1 cm³/mol. The van der Waals surface area contributed by atoms with Gasteiger partial charge in [-0.15, -0.1) is 0 Å². The monoisotopic (exact) mass is 236 g/mol. The van der Waals surface area contributed by atoms with Crippen LogP contribution in [0.25, 0.3) is 0 Å². The average Bonchev–Trinajstić information content (AvgIpc) is 2.76. The molecule has 5 nitrogen and oxygen atoms in total. The maximum absolute atomic E-state index is 11.2. The predicted octanol–water partition coefficient (Wildman–Crippen LogP) is 0.600. The van der Waals surface area contributed by atoms with Gasteiger partial charge in [-0.05, 0) is 32.4 Å². The van der Waals surface area contributed by atoms with E-state index in [1.807, 2.05) is 16.9 Å². The van der Waals surface area contributed by atoms with Crippen molar-refractivity contribution in [3.63, 3.8) is 0 Å². The number of carbonyl (C=O) groups excluding carboxylic acids is 1. The van der Waals surface area contributed by atoms with Crippen molar-refractivity contribution in [3.8, 4) is 0 Å². The Morgan fingerprint density at radius 2 is 2.47 bits per heavy atom. The number of likely N-dealkylation sites (tertiary alicyclic amines) is 1. The van der Waals surface area contributed by atoms with Gasteiger partial charge in [-0.25, -0.2) is 0 Å².